The van der Waals surface area contributed by atoms with E-state index in [2.05, 4.69) is 53.3 Å². The van der Waals surface area contributed by atoms with E-state index in [1.54, 1.807) is 0 Å². The lowest BCUT2D eigenvalue weighted by Crippen LogP contribution is -3.00. The summed E-state index contributed by atoms with van der Waals surface area (Å²) in [7, 11) is 0. The van der Waals surface area contributed by atoms with E-state index < -0.39 is 0 Å². The molecule has 1 aliphatic rings. The Hall–Kier alpha value is -0.680. The third kappa shape index (κ3) is 2.38. The minimum absolute atomic E-state index is 0. The summed E-state index contributed by atoms with van der Waals surface area (Å²) >= 11 is 1.83. The molecule has 0 radical (unpaired) electrons. The number of halogens is 1. The number of thiophene rings is 1. The molecule has 3 rings (SSSR count). The van der Waals surface area contributed by atoms with Gasteiger partial charge in [0, 0.05) is 6.42 Å². The molecule has 0 N–H and O–H groups in total. The van der Waals surface area contributed by atoms with Gasteiger partial charge in [-0.25, -0.2) is 4.58 Å². The van der Waals surface area contributed by atoms with Crippen molar-refractivity contribution in [3.63, 3.8) is 0 Å². The van der Waals surface area contributed by atoms with Crippen molar-refractivity contribution >= 4 is 17.0 Å². The molecule has 1 nitrogen and oxygen atoms in total. The summed E-state index contributed by atoms with van der Waals surface area (Å²) in [5.41, 5.74) is 4.33. The number of benzene rings is 1. The first kappa shape index (κ1) is 13.7. The van der Waals surface area contributed by atoms with Gasteiger partial charge in [-0.05, 0) is 30.0 Å². The largest absolute Gasteiger partial charge is 1.00 e. The van der Waals surface area contributed by atoms with Gasteiger partial charge >= 0.3 is 0 Å². The van der Waals surface area contributed by atoms with Gasteiger partial charge in [0.2, 0.25) is 5.71 Å². The van der Waals surface area contributed by atoms with Crippen LogP contribution in [0.25, 0.3) is 0 Å². The summed E-state index contributed by atoms with van der Waals surface area (Å²) < 4.78 is 2.49. The molecule has 0 aliphatic carbocycles. The lowest BCUT2D eigenvalue weighted by Gasteiger charge is -2.16. The highest BCUT2D eigenvalue weighted by Crippen LogP contribution is 2.22. The SMILES string of the molecule is CC[N+]1=C(c2cccs2)c2ccccc2CC1.[I-]. The second kappa shape index (κ2) is 5.97. The molecule has 3 heteroatoms. The maximum atomic E-state index is 2.49. The van der Waals surface area contributed by atoms with Crippen LogP contribution in [0.1, 0.15) is 22.9 Å². The van der Waals surface area contributed by atoms with Gasteiger partial charge in [-0.1, -0.05) is 24.3 Å². The molecule has 2 heterocycles. The first-order valence-corrected chi connectivity index (χ1v) is 7.02. The van der Waals surface area contributed by atoms with Gasteiger partial charge in [0.1, 0.15) is 13.1 Å². The summed E-state index contributed by atoms with van der Waals surface area (Å²) in [5.74, 6) is 0. The monoisotopic (exact) mass is 369 g/mol. The fourth-order valence-corrected chi connectivity index (χ4v) is 3.34. The number of rotatable bonds is 2. The topological polar surface area (TPSA) is 3.01 Å². The standard InChI is InChI=1S/C15H16NS.HI/c1-2-16-10-9-12-6-3-4-7-13(12)15(16)14-8-5-11-17-14;/h3-8,11H,2,9-10H2,1H3;1H/q+1;/p-1. The van der Waals surface area contributed by atoms with E-state index in [4.69, 9.17) is 0 Å². The number of likely N-dealkylation sites (N-methyl/N-ethyl adjacent to an activating group) is 1. The van der Waals surface area contributed by atoms with E-state index in [9.17, 15) is 0 Å². The van der Waals surface area contributed by atoms with E-state index in [0.29, 0.717) is 0 Å². The highest BCUT2D eigenvalue weighted by molar-refractivity contribution is 7.12. The molecule has 0 saturated heterocycles. The van der Waals surface area contributed by atoms with E-state index in [1.807, 2.05) is 11.3 Å². The van der Waals surface area contributed by atoms with Crippen LogP contribution in [0.5, 0.6) is 0 Å². The van der Waals surface area contributed by atoms with Crippen molar-refractivity contribution < 1.29 is 28.6 Å². The Labute approximate surface area is 129 Å². The zero-order valence-electron chi connectivity index (χ0n) is 10.4. The van der Waals surface area contributed by atoms with Gasteiger partial charge in [0.25, 0.3) is 0 Å². The van der Waals surface area contributed by atoms with Crippen LogP contribution in [0, 0.1) is 0 Å². The van der Waals surface area contributed by atoms with Crippen LogP contribution < -0.4 is 24.0 Å². The molecule has 0 amide bonds. The van der Waals surface area contributed by atoms with Gasteiger partial charge in [-0.15, -0.1) is 11.3 Å². The van der Waals surface area contributed by atoms with Crippen LogP contribution in [0.15, 0.2) is 41.8 Å². The molecule has 1 aromatic heterocycles. The van der Waals surface area contributed by atoms with Gasteiger partial charge in [-0.3, -0.25) is 0 Å². The third-order valence-electron chi connectivity index (χ3n) is 3.38. The molecular formula is C15H16INS. The van der Waals surface area contributed by atoms with Crippen molar-refractivity contribution in [1.29, 1.82) is 0 Å². The minimum Gasteiger partial charge on any atom is -1.00 e. The molecular weight excluding hydrogens is 353 g/mol. The first-order chi connectivity index (χ1) is 8.40. The number of fused-ring (bicyclic) bond motifs is 1. The van der Waals surface area contributed by atoms with Crippen LogP contribution in [-0.2, 0) is 6.42 Å². The fraction of sp³-hybridized carbons (Fsp3) is 0.267. The average molecular weight is 369 g/mol. The summed E-state index contributed by atoms with van der Waals surface area (Å²) in [5, 5.41) is 2.16. The van der Waals surface area contributed by atoms with Gasteiger partial charge in [0.15, 0.2) is 0 Å². The van der Waals surface area contributed by atoms with Crippen LogP contribution in [0.4, 0.5) is 0 Å². The Morgan fingerprint density at radius 2 is 2.00 bits per heavy atom. The lowest BCUT2D eigenvalue weighted by molar-refractivity contribution is -0.524. The number of nitrogens with zero attached hydrogens (tertiary/aromatic N) is 1. The Morgan fingerprint density at radius 3 is 2.72 bits per heavy atom. The molecule has 18 heavy (non-hydrogen) atoms. The molecule has 2 aromatic rings. The predicted octanol–water partition coefficient (Wildman–Crippen LogP) is 0.178. The van der Waals surface area contributed by atoms with Crippen molar-refractivity contribution in [3.05, 3.63) is 57.8 Å². The summed E-state index contributed by atoms with van der Waals surface area (Å²) in [6.45, 7) is 4.46. The van der Waals surface area contributed by atoms with Crippen molar-refractivity contribution in [2.75, 3.05) is 13.1 Å². The zero-order chi connectivity index (χ0) is 11.7. The molecule has 94 valence electrons. The van der Waals surface area contributed by atoms with E-state index in [0.717, 1.165) is 13.1 Å². The van der Waals surface area contributed by atoms with Crippen LogP contribution in [-0.4, -0.2) is 23.4 Å². The Balaban J connectivity index is 0.00000120. The summed E-state index contributed by atoms with van der Waals surface area (Å²) in [4.78, 5) is 1.39. The fourth-order valence-electron chi connectivity index (χ4n) is 2.52. The molecule has 1 aromatic carbocycles. The average Bonchev–Trinajstić information content (AvgIpc) is 2.91. The third-order valence-corrected chi connectivity index (χ3v) is 4.25. The highest BCUT2D eigenvalue weighted by atomic mass is 127. The van der Waals surface area contributed by atoms with Crippen LogP contribution >= 0.6 is 11.3 Å². The molecule has 1 aliphatic heterocycles. The van der Waals surface area contributed by atoms with E-state index in [1.165, 1.54) is 28.1 Å². The molecule has 0 atom stereocenters. The first-order valence-electron chi connectivity index (χ1n) is 6.14. The quantitative estimate of drug-likeness (QED) is 0.525. The number of hydrogen-bond donors (Lipinski definition) is 0. The van der Waals surface area contributed by atoms with E-state index in [-0.39, 0.29) is 24.0 Å². The Kier molecular flexibility index (Phi) is 4.56. The second-order valence-electron chi connectivity index (χ2n) is 4.31. The van der Waals surface area contributed by atoms with Crippen LogP contribution in [0.2, 0.25) is 0 Å². The highest BCUT2D eigenvalue weighted by Gasteiger charge is 2.26. The van der Waals surface area contributed by atoms with Crippen molar-refractivity contribution in [1.82, 2.24) is 0 Å². The normalized spacial score (nSPS) is 14.1. The van der Waals surface area contributed by atoms with Gasteiger partial charge in [0.05, 0.1) is 10.4 Å². The van der Waals surface area contributed by atoms with Crippen molar-refractivity contribution in [2.45, 2.75) is 13.3 Å². The van der Waals surface area contributed by atoms with Crippen molar-refractivity contribution in [3.8, 4) is 0 Å². The summed E-state index contributed by atoms with van der Waals surface area (Å²) in [6, 6.07) is 13.2. The van der Waals surface area contributed by atoms with E-state index >= 15 is 0 Å². The smallest absolute Gasteiger partial charge is 0.224 e. The lowest BCUT2D eigenvalue weighted by atomic mass is 9.96. The number of hydrogen-bond acceptors (Lipinski definition) is 1. The van der Waals surface area contributed by atoms with Crippen LogP contribution in [0.3, 0.4) is 0 Å². The minimum atomic E-state index is 0. The molecule has 0 unspecified atom stereocenters. The van der Waals surface area contributed by atoms with Gasteiger partial charge < -0.3 is 24.0 Å². The molecule has 0 saturated carbocycles. The molecule has 0 spiro atoms. The summed E-state index contributed by atoms with van der Waals surface area (Å²) in [6.07, 6.45) is 1.17. The molecule has 0 bridgehead atoms. The molecule has 0 fully saturated rings. The Bertz CT molecular complexity index is 558. The maximum Gasteiger partial charge on any atom is 0.224 e. The zero-order valence-corrected chi connectivity index (χ0v) is 13.4. The van der Waals surface area contributed by atoms with Crippen molar-refractivity contribution in [2.24, 2.45) is 0 Å². The predicted molar refractivity (Wildman–Crippen MR) is 73.3 cm³/mol. The van der Waals surface area contributed by atoms with Gasteiger partial charge in [-0.2, -0.15) is 0 Å². The second-order valence-corrected chi connectivity index (χ2v) is 5.26. The Morgan fingerprint density at radius 1 is 1.17 bits per heavy atom. The maximum absolute atomic E-state index is 2.49.